The van der Waals surface area contributed by atoms with E-state index in [0.29, 0.717) is 0 Å². The molecule has 3 rings (SSSR count). The van der Waals surface area contributed by atoms with Gasteiger partial charge in [0.05, 0.1) is 0 Å². The van der Waals surface area contributed by atoms with Crippen molar-refractivity contribution in [2.75, 3.05) is 0 Å². The number of hydrogen-bond acceptors (Lipinski definition) is 1. The van der Waals surface area contributed by atoms with Crippen molar-refractivity contribution in [2.24, 2.45) is 0 Å². The number of ether oxygens (including phenoxy) is 1. The molecule has 27 heavy (non-hydrogen) atoms. The van der Waals surface area contributed by atoms with E-state index in [4.69, 9.17) is 4.74 Å². The molecule has 0 unspecified atom stereocenters. The Labute approximate surface area is 165 Å². The lowest BCUT2D eigenvalue weighted by Gasteiger charge is -2.25. The van der Waals surface area contributed by atoms with Crippen molar-refractivity contribution in [3.8, 4) is 5.75 Å². The van der Waals surface area contributed by atoms with Gasteiger partial charge in [-0.25, -0.2) is 0 Å². The highest BCUT2D eigenvalue weighted by atomic mass is 16.5. The Morgan fingerprint density at radius 3 is 2.00 bits per heavy atom. The molecule has 1 aliphatic rings. The zero-order valence-electron chi connectivity index (χ0n) is 17.4. The third kappa shape index (κ3) is 5.15. The first-order valence-electron chi connectivity index (χ1n) is 11.3. The van der Waals surface area contributed by atoms with Gasteiger partial charge in [0, 0.05) is 11.8 Å². The fraction of sp³-hybridized carbons (Fsp3) is 0.538. The first-order chi connectivity index (χ1) is 13.3. The van der Waals surface area contributed by atoms with Gasteiger partial charge in [-0.05, 0) is 41.9 Å². The van der Waals surface area contributed by atoms with Gasteiger partial charge >= 0.3 is 0 Å². The number of benzene rings is 2. The molecule has 2 aromatic carbocycles. The molecule has 1 heterocycles. The van der Waals surface area contributed by atoms with E-state index in [9.17, 15) is 0 Å². The van der Waals surface area contributed by atoms with Crippen LogP contribution in [0.4, 0.5) is 0 Å². The minimum atomic E-state index is 1.06. The number of rotatable bonds is 12. The smallest absolute Gasteiger partial charge is 0.135 e. The average molecular weight is 365 g/mol. The zero-order valence-corrected chi connectivity index (χ0v) is 17.4. The van der Waals surface area contributed by atoms with Crippen LogP contribution in [0.25, 0.3) is 16.3 Å². The molecular weight excluding hydrogens is 328 g/mol. The van der Waals surface area contributed by atoms with Crippen LogP contribution in [-0.4, -0.2) is 0 Å². The summed E-state index contributed by atoms with van der Waals surface area (Å²) >= 11 is 0. The highest BCUT2D eigenvalue weighted by molar-refractivity contribution is 6.00. The van der Waals surface area contributed by atoms with Crippen molar-refractivity contribution in [2.45, 2.75) is 90.9 Å². The van der Waals surface area contributed by atoms with Gasteiger partial charge in [-0.15, -0.1) is 0 Å². The van der Waals surface area contributed by atoms with E-state index >= 15 is 0 Å². The molecule has 1 aliphatic heterocycles. The van der Waals surface area contributed by atoms with Crippen LogP contribution >= 0.6 is 0 Å². The highest BCUT2D eigenvalue weighted by Gasteiger charge is 2.21. The first kappa shape index (κ1) is 20.0. The third-order valence-corrected chi connectivity index (χ3v) is 5.80. The topological polar surface area (TPSA) is 9.23 Å². The molecule has 2 aromatic rings. The molecule has 0 atom stereocenters. The molecule has 1 nitrogen and oxygen atoms in total. The van der Waals surface area contributed by atoms with E-state index in [1.165, 1.54) is 91.9 Å². The van der Waals surface area contributed by atoms with Crippen LogP contribution in [0.3, 0.4) is 0 Å². The Kier molecular flexibility index (Phi) is 7.80. The fourth-order valence-electron chi connectivity index (χ4n) is 4.26. The summed E-state index contributed by atoms with van der Waals surface area (Å²) < 4.78 is 6.48. The van der Waals surface area contributed by atoms with Crippen molar-refractivity contribution in [1.82, 2.24) is 0 Å². The predicted octanol–water partition coefficient (Wildman–Crippen LogP) is 8.66. The van der Waals surface area contributed by atoms with E-state index in [0.717, 1.165) is 18.6 Å². The molecule has 0 saturated heterocycles. The average Bonchev–Trinajstić information content (AvgIpc) is 2.69. The Bertz CT molecular complexity index is 751. The molecule has 146 valence electrons. The predicted molar refractivity (Wildman–Crippen MR) is 118 cm³/mol. The normalized spacial score (nSPS) is 13.3. The van der Waals surface area contributed by atoms with E-state index in [1.807, 2.05) is 0 Å². The highest BCUT2D eigenvalue weighted by Crippen LogP contribution is 2.42. The second-order valence-electron chi connectivity index (χ2n) is 7.99. The van der Waals surface area contributed by atoms with Crippen LogP contribution in [0.2, 0.25) is 0 Å². The SMILES string of the molecule is CCCCCCCC1=C(CCCCCCC)c2cccc3cccc(c23)O1. The lowest BCUT2D eigenvalue weighted by molar-refractivity contribution is 0.396. The van der Waals surface area contributed by atoms with E-state index in [-0.39, 0.29) is 0 Å². The summed E-state index contributed by atoms with van der Waals surface area (Å²) in [6.45, 7) is 4.56. The molecule has 0 bridgehead atoms. The maximum Gasteiger partial charge on any atom is 0.135 e. The number of hydrogen-bond donors (Lipinski definition) is 0. The molecule has 0 saturated carbocycles. The minimum absolute atomic E-state index is 1.06. The largest absolute Gasteiger partial charge is 0.461 e. The minimum Gasteiger partial charge on any atom is -0.461 e. The summed E-state index contributed by atoms with van der Waals surface area (Å²) in [6.07, 6.45) is 15.4. The Balaban J connectivity index is 1.78. The molecule has 0 amide bonds. The summed E-state index contributed by atoms with van der Waals surface area (Å²) in [5.74, 6) is 2.30. The van der Waals surface area contributed by atoms with Crippen molar-refractivity contribution in [1.29, 1.82) is 0 Å². The molecule has 0 N–H and O–H groups in total. The van der Waals surface area contributed by atoms with Crippen molar-refractivity contribution in [3.05, 3.63) is 47.7 Å². The van der Waals surface area contributed by atoms with Gasteiger partial charge < -0.3 is 4.74 Å². The van der Waals surface area contributed by atoms with Crippen LogP contribution in [0.1, 0.15) is 96.5 Å². The van der Waals surface area contributed by atoms with Gasteiger partial charge in [0.1, 0.15) is 11.5 Å². The quantitative estimate of drug-likeness (QED) is 0.342. The summed E-state index contributed by atoms with van der Waals surface area (Å²) in [5.41, 5.74) is 2.90. The van der Waals surface area contributed by atoms with Crippen molar-refractivity contribution >= 4 is 16.3 Å². The van der Waals surface area contributed by atoms with Crippen molar-refractivity contribution in [3.63, 3.8) is 0 Å². The molecule has 0 aliphatic carbocycles. The number of unbranched alkanes of at least 4 members (excludes halogenated alkanes) is 8. The second kappa shape index (κ2) is 10.5. The van der Waals surface area contributed by atoms with Crippen LogP contribution in [0, 0.1) is 0 Å². The maximum atomic E-state index is 6.48. The maximum absolute atomic E-state index is 6.48. The summed E-state index contributed by atoms with van der Waals surface area (Å²) in [4.78, 5) is 0. The van der Waals surface area contributed by atoms with Gasteiger partial charge in [0.2, 0.25) is 0 Å². The Morgan fingerprint density at radius 1 is 0.667 bits per heavy atom. The standard InChI is InChI=1S/C26H36O/c1-3-5-7-9-11-17-22-23-18-13-15-21-16-14-20-25(26(21)23)27-24(22)19-12-10-8-6-4-2/h13-16,18,20H,3-12,17,19H2,1-2H3. The summed E-state index contributed by atoms with van der Waals surface area (Å²) in [6, 6.07) is 13.2. The van der Waals surface area contributed by atoms with Crippen LogP contribution in [0.15, 0.2) is 42.2 Å². The van der Waals surface area contributed by atoms with E-state index < -0.39 is 0 Å². The van der Waals surface area contributed by atoms with Gasteiger partial charge in [-0.3, -0.25) is 0 Å². The Morgan fingerprint density at radius 2 is 1.30 bits per heavy atom. The van der Waals surface area contributed by atoms with Crippen LogP contribution in [-0.2, 0) is 0 Å². The lowest BCUT2D eigenvalue weighted by Crippen LogP contribution is -2.07. The van der Waals surface area contributed by atoms with Crippen LogP contribution < -0.4 is 4.74 Å². The zero-order chi connectivity index (χ0) is 18.9. The molecule has 0 aromatic heterocycles. The van der Waals surface area contributed by atoms with Crippen molar-refractivity contribution < 1.29 is 4.74 Å². The van der Waals surface area contributed by atoms with Gasteiger partial charge in [-0.1, -0.05) is 95.5 Å². The van der Waals surface area contributed by atoms with Crippen LogP contribution in [0.5, 0.6) is 5.75 Å². The molecule has 0 radical (unpaired) electrons. The van der Waals surface area contributed by atoms with E-state index in [2.05, 4.69) is 50.2 Å². The summed E-state index contributed by atoms with van der Waals surface area (Å²) in [7, 11) is 0. The molecular formula is C26H36O. The van der Waals surface area contributed by atoms with E-state index in [1.54, 1.807) is 0 Å². The lowest BCUT2D eigenvalue weighted by atomic mass is 9.90. The first-order valence-corrected chi connectivity index (χ1v) is 11.3. The number of allylic oxidation sites excluding steroid dienone is 2. The van der Waals surface area contributed by atoms with Gasteiger partial charge in [0.25, 0.3) is 0 Å². The second-order valence-corrected chi connectivity index (χ2v) is 7.99. The molecule has 0 fully saturated rings. The third-order valence-electron chi connectivity index (χ3n) is 5.80. The monoisotopic (exact) mass is 364 g/mol. The Hall–Kier alpha value is -1.76. The summed E-state index contributed by atoms with van der Waals surface area (Å²) in [5, 5.41) is 2.62. The molecule has 1 heteroatoms. The molecule has 0 spiro atoms. The van der Waals surface area contributed by atoms with Gasteiger partial charge in [-0.2, -0.15) is 0 Å². The fourth-order valence-corrected chi connectivity index (χ4v) is 4.26. The van der Waals surface area contributed by atoms with Gasteiger partial charge in [0.15, 0.2) is 0 Å².